The van der Waals surface area contributed by atoms with E-state index in [1.54, 1.807) is 0 Å². The van der Waals surface area contributed by atoms with Crippen LogP contribution in [0.15, 0.2) is 0 Å². The predicted molar refractivity (Wildman–Crippen MR) is 80.7 cm³/mol. The number of nitrogens with two attached hydrogens (primary N) is 1. The van der Waals surface area contributed by atoms with E-state index >= 15 is 0 Å². The molecule has 0 aliphatic heterocycles. The molecule has 1 aliphatic rings. The topological polar surface area (TPSA) is 29.3 Å². The maximum absolute atomic E-state index is 5.89. The molecule has 1 fully saturated rings. The second kappa shape index (κ2) is 6.38. The number of hydrogen-bond acceptors (Lipinski definition) is 2. The number of nitrogens with zero attached hydrogens (tertiary/aromatic N) is 1. The van der Waals surface area contributed by atoms with E-state index in [4.69, 9.17) is 5.73 Å². The van der Waals surface area contributed by atoms with Gasteiger partial charge in [0.05, 0.1) is 0 Å². The second-order valence-corrected chi connectivity index (χ2v) is 7.68. The first kappa shape index (κ1) is 16.0. The molecule has 0 amide bonds. The van der Waals surface area contributed by atoms with Crippen LogP contribution in [0.25, 0.3) is 0 Å². The molecule has 0 bridgehead atoms. The van der Waals surface area contributed by atoms with Crippen LogP contribution in [0.4, 0.5) is 0 Å². The minimum absolute atomic E-state index is 0.248. The highest BCUT2D eigenvalue weighted by Crippen LogP contribution is 2.35. The van der Waals surface area contributed by atoms with Gasteiger partial charge in [0.25, 0.3) is 0 Å². The molecule has 18 heavy (non-hydrogen) atoms. The zero-order chi connectivity index (χ0) is 13.8. The Morgan fingerprint density at radius 2 is 1.89 bits per heavy atom. The fourth-order valence-electron chi connectivity index (χ4n) is 3.12. The van der Waals surface area contributed by atoms with Crippen molar-refractivity contribution in [2.45, 2.75) is 72.8 Å². The van der Waals surface area contributed by atoms with Crippen LogP contribution in [0.3, 0.4) is 0 Å². The van der Waals surface area contributed by atoms with Gasteiger partial charge in [-0.2, -0.15) is 0 Å². The molecular weight excluding hydrogens is 220 g/mol. The molecule has 0 aromatic rings. The van der Waals surface area contributed by atoms with Crippen LogP contribution in [-0.4, -0.2) is 30.6 Å². The van der Waals surface area contributed by atoms with E-state index in [0.717, 1.165) is 25.7 Å². The Labute approximate surface area is 114 Å². The molecule has 0 spiro atoms. The third-order valence-corrected chi connectivity index (χ3v) is 4.65. The van der Waals surface area contributed by atoms with Crippen LogP contribution in [0.2, 0.25) is 0 Å². The highest BCUT2D eigenvalue weighted by Gasteiger charge is 2.29. The SMILES string of the molecule is CCN(CC(C)(C)CN)C1CCCC(C)(C)CC1. The summed E-state index contributed by atoms with van der Waals surface area (Å²) in [7, 11) is 0. The Kier molecular flexibility index (Phi) is 5.67. The smallest absolute Gasteiger partial charge is 0.00955 e. The first-order valence-electron chi connectivity index (χ1n) is 7.74. The molecule has 2 N–H and O–H groups in total. The Hall–Kier alpha value is -0.0800. The van der Waals surface area contributed by atoms with Gasteiger partial charge in [-0.1, -0.05) is 41.0 Å². The van der Waals surface area contributed by atoms with Crippen LogP contribution < -0.4 is 5.73 Å². The monoisotopic (exact) mass is 254 g/mol. The molecule has 0 saturated heterocycles. The lowest BCUT2D eigenvalue weighted by molar-refractivity contribution is 0.125. The summed E-state index contributed by atoms with van der Waals surface area (Å²) in [5.74, 6) is 0. The summed E-state index contributed by atoms with van der Waals surface area (Å²) in [5.41, 5.74) is 6.69. The first-order valence-corrected chi connectivity index (χ1v) is 7.74. The average Bonchev–Trinajstić information content (AvgIpc) is 2.47. The standard InChI is InChI=1S/C16H34N2/c1-6-18(13-16(4,5)12-17)14-8-7-10-15(2,3)11-9-14/h14H,6-13,17H2,1-5H3. The van der Waals surface area contributed by atoms with Gasteiger partial charge < -0.3 is 10.6 Å². The number of hydrogen-bond donors (Lipinski definition) is 1. The van der Waals surface area contributed by atoms with Gasteiger partial charge in [0.2, 0.25) is 0 Å². The maximum Gasteiger partial charge on any atom is 0.00955 e. The summed E-state index contributed by atoms with van der Waals surface area (Å²) in [6.45, 7) is 14.8. The molecule has 1 atom stereocenters. The summed E-state index contributed by atoms with van der Waals surface area (Å²) >= 11 is 0. The molecule has 2 nitrogen and oxygen atoms in total. The molecule has 0 aromatic carbocycles. The lowest BCUT2D eigenvalue weighted by Gasteiger charge is -2.36. The molecule has 0 heterocycles. The highest BCUT2D eigenvalue weighted by molar-refractivity contribution is 4.84. The van der Waals surface area contributed by atoms with Gasteiger partial charge in [-0.05, 0) is 49.6 Å². The molecule has 1 rings (SSSR count). The van der Waals surface area contributed by atoms with Crippen molar-refractivity contribution in [1.29, 1.82) is 0 Å². The summed E-state index contributed by atoms with van der Waals surface area (Å²) in [6.07, 6.45) is 6.88. The van der Waals surface area contributed by atoms with Crippen LogP contribution in [0, 0.1) is 10.8 Å². The van der Waals surface area contributed by atoms with Crippen molar-refractivity contribution >= 4 is 0 Å². The largest absolute Gasteiger partial charge is 0.330 e. The molecular formula is C16H34N2. The summed E-state index contributed by atoms with van der Waals surface area (Å²) in [4.78, 5) is 2.67. The van der Waals surface area contributed by atoms with Crippen molar-refractivity contribution in [3.8, 4) is 0 Å². The normalized spacial score (nSPS) is 25.2. The lowest BCUT2D eigenvalue weighted by atomic mass is 9.85. The fourth-order valence-corrected chi connectivity index (χ4v) is 3.12. The lowest BCUT2D eigenvalue weighted by Crippen LogP contribution is -2.44. The summed E-state index contributed by atoms with van der Waals surface area (Å²) in [5, 5.41) is 0. The van der Waals surface area contributed by atoms with E-state index in [1.807, 2.05) is 0 Å². The van der Waals surface area contributed by atoms with Gasteiger partial charge in [0.1, 0.15) is 0 Å². The van der Waals surface area contributed by atoms with E-state index < -0.39 is 0 Å². The van der Waals surface area contributed by atoms with Gasteiger partial charge >= 0.3 is 0 Å². The quantitative estimate of drug-likeness (QED) is 0.759. The summed E-state index contributed by atoms with van der Waals surface area (Å²) in [6, 6.07) is 0.780. The van der Waals surface area contributed by atoms with Crippen LogP contribution in [0.1, 0.15) is 66.7 Å². The van der Waals surface area contributed by atoms with Crippen LogP contribution >= 0.6 is 0 Å². The molecule has 0 aromatic heterocycles. The van der Waals surface area contributed by atoms with Crippen molar-refractivity contribution in [1.82, 2.24) is 4.90 Å². The van der Waals surface area contributed by atoms with Gasteiger partial charge in [-0.3, -0.25) is 0 Å². The van der Waals surface area contributed by atoms with E-state index in [1.165, 1.54) is 32.1 Å². The zero-order valence-electron chi connectivity index (χ0n) is 13.3. The molecule has 0 radical (unpaired) electrons. The van der Waals surface area contributed by atoms with E-state index in [9.17, 15) is 0 Å². The molecule has 108 valence electrons. The van der Waals surface area contributed by atoms with E-state index in [-0.39, 0.29) is 5.41 Å². The van der Waals surface area contributed by atoms with Gasteiger partial charge in [-0.15, -0.1) is 0 Å². The molecule has 1 unspecified atom stereocenters. The second-order valence-electron chi connectivity index (χ2n) is 7.68. The molecule has 1 saturated carbocycles. The van der Waals surface area contributed by atoms with Crippen molar-refractivity contribution in [3.63, 3.8) is 0 Å². The third-order valence-electron chi connectivity index (χ3n) is 4.65. The van der Waals surface area contributed by atoms with E-state index in [2.05, 4.69) is 39.5 Å². The van der Waals surface area contributed by atoms with Crippen LogP contribution in [-0.2, 0) is 0 Å². The van der Waals surface area contributed by atoms with Crippen molar-refractivity contribution in [2.75, 3.05) is 19.6 Å². The van der Waals surface area contributed by atoms with Gasteiger partial charge in [0, 0.05) is 12.6 Å². The Morgan fingerprint density at radius 1 is 1.22 bits per heavy atom. The van der Waals surface area contributed by atoms with Crippen molar-refractivity contribution < 1.29 is 0 Å². The minimum atomic E-state index is 0.248. The zero-order valence-corrected chi connectivity index (χ0v) is 13.3. The molecule has 2 heteroatoms. The van der Waals surface area contributed by atoms with Gasteiger partial charge in [0.15, 0.2) is 0 Å². The third kappa shape index (κ3) is 4.89. The molecule has 1 aliphatic carbocycles. The Bertz CT molecular complexity index is 245. The Balaban J connectivity index is 2.60. The summed E-state index contributed by atoms with van der Waals surface area (Å²) < 4.78 is 0. The minimum Gasteiger partial charge on any atom is -0.330 e. The fraction of sp³-hybridized carbons (Fsp3) is 1.00. The average molecular weight is 254 g/mol. The van der Waals surface area contributed by atoms with Crippen LogP contribution in [0.5, 0.6) is 0 Å². The first-order chi connectivity index (χ1) is 8.29. The van der Waals surface area contributed by atoms with Gasteiger partial charge in [-0.25, -0.2) is 0 Å². The maximum atomic E-state index is 5.89. The van der Waals surface area contributed by atoms with Crippen molar-refractivity contribution in [2.24, 2.45) is 16.6 Å². The number of rotatable bonds is 5. The van der Waals surface area contributed by atoms with E-state index in [0.29, 0.717) is 5.41 Å². The van der Waals surface area contributed by atoms with Crippen molar-refractivity contribution in [3.05, 3.63) is 0 Å². The highest BCUT2D eigenvalue weighted by atomic mass is 15.2. The predicted octanol–water partition coefficient (Wildman–Crippen LogP) is 3.65. The Morgan fingerprint density at radius 3 is 2.44 bits per heavy atom.